The lowest BCUT2D eigenvalue weighted by Gasteiger charge is -2.27. The Morgan fingerprint density at radius 1 is 1.20 bits per heavy atom. The van der Waals surface area contributed by atoms with E-state index in [0.717, 1.165) is 30.1 Å². The molecule has 4 unspecified atom stereocenters. The van der Waals surface area contributed by atoms with Crippen LogP contribution < -0.4 is 0 Å². The standard InChI is InChI=1S/C11H20.C7H14O2/c1-3-4-11-8(2)9-5-6-10(11)7-9;1-5-7(2,3)6(8)9-4/h8-11H,3-7H2,1-2H3;5H2,1-4H3. The fourth-order valence-electron chi connectivity index (χ4n) is 3.95. The van der Waals surface area contributed by atoms with Crippen LogP contribution in [0.25, 0.3) is 0 Å². The van der Waals surface area contributed by atoms with Gasteiger partial charge in [-0.15, -0.1) is 0 Å². The second kappa shape index (κ2) is 7.47. The molecule has 2 fully saturated rings. The highest BCUT2D eigenvalue weighted by molar-refractivity contribution is 5.75. The zero-order valence-electron chi connectivity index (χ0n) is 14.4. The molecule has 2 heteroatoms. The van der Waals surface area contributed by atoms with Crippen LogP contribution in [0.5, 0.6) is 0 Å². The molecule has 0 N–H and O–H groups in total. The van der Waals surface area contributed by atoms with E-state index in [0.29, 0.717) is 0 Å². The molecule has 20 heavy (non-hydrogen) atoms. The molecule has 0 aromatic heterocycles. The molecule has 118 valence electrons. The van der Waals surface area contributed by atoms with E-state index in [1.165, 1.54) is 20.0 Å². The summed E-state index contributed by atoms with van der Waals surface area (Å²) in [6, 6.07) is 0. The first-order valence-electron chi connectivity index (χ1n) is 8.45. The van der Waals surface area contributed by atoms with Crippen LogP contribution in [0.3, 0.4) is 0 Å². The highest BCUT2D eigenvalue weighted by atomic mass is 16.5. The fourth-order valence-corrected chi connectivity index (χ4v) is 3.95. The Labute approximate surface area is 125 Å². The minimum absolute atomic E-state index is 0.134. The predicted molar refractivity (Wildman–Crippen MR) is 84.5 cm³/mol. The summed E-state index contributed by atoms with van der Waals surface area (Å²) < 4.78 is 4.57. The third-order valence-electron chi connectivity index (χ3n) is 5.78. The topological polar surface area (TPSA) is 26.3 Å². The van der Waals surface area contributed by atoms with Gasteiger partial charge >= 0.3 is 5.97 Å². The smallest absolute Gasteiger partial charge is 0.311 e. The fraction of sp³-hybridized carbons (Fsp3) is 0.944. The van der Waals surface area contributed by atoms with Gasteiger partial charge in [-0.1, -0.05) is 33.6 Å². The Balaban J connectivity index is 0.000000206. The third-order valence-corrected chi connectivity index (χ3v) is 5.78. The molecule has 2 aliphatic rings. The molecule has 0 aliphatic heterocycles. The largest absolute Gasteiger partial charge is 0.469 e. The lowest BCUT2D eigenvalue weighted by atomic mass is 9.78. The van der Waals surface area contributed by atoms with Gasteiger partial charge in [-0.2, -0.15) is 0 Å². The van der Waals surface area contributed by atoms with Crippen molar-refractivity contribution in [2.24, 2.45) is 29.1 Å². The van der Waals surface area contributed by atoms with Crippen molar-refractivity contribution in [1.82, 2.24) is 0 Å². The summed E-state index contributed by atoms with van der Waals surface area (Å²) in [4.78, 5) is 10.8. The molecule has 0 spiro atoms. The first-order chi connectivity index (χ1) is 9.37. The number of hydrogen-bond acceptors (Lipinski definition) is 2. The van der Waals surface area contributed by atoms with Crippen molar-refractivity contribution < 1.29 is 9.53 Å². The molecule has 2 rings (SSSR count). The van der Waals surface area contributed by atoms with Crippen LogP contribution in [0.2, 0.25) is 0 Å². The van der Waals surface area contributed by atoms with Gasteiger partial charge in [0.25, 0.3) is 0 Å². The monoisotopic (exact) mass is 282 g/mol. The zero-order valence-corrected chi connectivity index (χ0v) is 14.4. The highest BCUT2D eigenvalue weighted by Crippen LogP contribution is 2.53. The van der Waals surface area contributed by atoms with Crippen molar-refractivity contribution in [1.29, 1.82) is 0 Å². The lowest BCUT2D eigenvalue weighted by molar-refractivity contribution is -0.150. The molecule has 4 atom stereocenters. The van der Waals surface area contributed by atoms with Crippen molar-refractivity contribution in [3.8, 4) is 0 Å². The SMILES string of the molecule is CCC(C)(C)C(=O)OC.CCCC1C2CCC(C2)C1C. The van der Waals surface area contributed by atoms with E-state index in [2.05, 4.69) is 18.6 Å². The minimum atomic E-state index is -0.311. The molecule has 0 saturated heterocycles. The van der Waals surface area contributed by atoms with Crippen LogP contribution in [0.15, 0.2) is 0 Å². The van der Waals surface area contributed by atoms with Gasteiger partial charge in [0.1, 0.15) is 0 Å². The highest BCUT2D eigenvalue weighted by Gasteiger charge is 2.44. The van der Waals surface area contributed by atoms with E-state index >= 15 is 0 Å². The molecule has 0 aromatic rings. The van der Waals surface area contributed by atoms with Gasteiger partial charge in [0.15, 0.2) is 0 Å². The average molecular weight is 282 g/mol. The number of rotatable bonds is 4. The Hall–Kier alpha value is -0.530. The molecule has 2 saturated carbocycles. The van der Waals surface area contributed by atoms with Crippen LogP contribution in [-0.2, 0) is 9.53 Å². The van der Waals surface area contributed by atoms with Gasteiger partial charge in [-0.05, 0) is 63.2 Å². The number of carbonyl (C=O) groups is 1. The summed E-state index contributed by atoms with van der Waals surface area (Å²) in [7, 11) is 1.42. The third kappa shape index (κ3) is 3.99. The maximum Gasteiger partial charge on any atom is 0.311 e. The van der Waals surface area contributed by atoms with Crippen molar-refractivity contribution in [2.75, 3.05) is 7.11 Å². The van der Waals surface area contributed by atoms with Gasteiger partial charge in [-0.3, -0.25) is 4.79 Å². The molecular formula is C18H34O2. The number of esters is 1. The van der Waals surface area contributed by atoms with Crippen LogP contribution >= 0.6 is 0 Å². The quantitative estimate of drug-likeness (QED) is 0.673. The average Bonchev–Trinajstić information content (AvgIpc) is 3.02. The van der Waals surface area contributed by atoms with Crippen LogP contribution in [0.1, 0.15) is 73.1 Å². The van der Waals surface area contributed by atoms with Gasteiger partial charge in [0.05, 0.1) is 12.5 Å². The molecule has 0 amide bonds. The molecule has 2 aliphatic carbocycles. The normalized spacial score (nSPS) is 31.7. The molecule has 0 aromatic carbocycles. The Morgan fingerprint density at radius 3 is 2.15 bits per heavy atom. The molecular weight excluding hydrogens is 248 g/mol. The van der Waals surface area contributed by atoms with Crippen molar-refractivity contribution in [3.63, 3.8) is 0 Å². The van der Waals surface area contributed by atoms with E-state index in [1.54, 1.807) is 19.3 Å². The van der Waals surface area contributed by atoms with E-state index in [4.69, 9.17) is 0 Å². The predicted octanol–water partition coefficient (Wildman–Crippen LogP) is 5.06. The number of methoxy groups -OCH3 is 1. The summed E-state index contributed by atoms with van der Waals surface area (Å²) >= 11 is 0. The maximum atomic E-state index is 10.8. The molecule has 2 bridgehead atoms. The second-order valence-electron chi connectivity index (χ2n) is 7.37. The van der Waals surface area contributed by atoms with E-state index < -0.39 is 0 Å². The van der Waals surface area contributed by atoms with Crippen molar-refractivity contribution >= 4 is 5.97 Å². The molecule has 0 radical (unpaired) electrons. The van der Waals surface area contributed by atoms with Gasteiger partial charge in [-0.25, -0.2) is 0 Å². The first-order valence-corrected chi connectivity index (χ1v) is 8.45. The second-order valence-corrected chi connectivity index (χ2v) is 7.37. The van der Waals surface area contributed by atoms with Gasteiger partial charge < -0.3 is 4.74 Å². The van der Waals surface area contributed by atoms with Crippen LogP contribution in [0.4, 0.5) is 0 Å². The zero-order chi connectivity index (χ0) is 15.3. The number of ether oxygens (including phenoxy) is 1. The number of fused-ring (bicyclic) bond motifs is 2. The first kappa shape index (κ1) is 17.5. The Morgan fingerprint density at radius 2 is 1.80 bits per heavy atom. The summed E-state index contributed by atoms with van der Waals surface area (Å²) in [5.41, 5.74) is -0.311. The summed E-state index contributed by atoms with van der Waals surface area (Å²) in [5.74, 6) is 4.30. The van der Waals surface area contributed by atoms with Crippen molar-refractivity contribution in [2.45, 2.75) is 73.1 Å². The van der Waals surface area contributed by atoms with Crippen LogP contribution in [0, 0.1) is 29.1 Å². The van der Waals surface area contributed by atoms with Crippen LogP contribution in [-0.4, -0.2) is 13.1 Å². The van der Waals surface area contributed by atoms with E-state index in [1.807, 2.05) is 20.8 Å². The number of carbonyl (C=O) groups excluding carboxylic acids is 1. The van der Waals surface area contributed by atoms with Crippen molar-refractivity contribution in [3.05, 3.63) is 0 Å². The van der Waals surface area contributed by atoms with Gasteiger partial charge in [0.2, 0.25) is 0 Å². The maximum absolute atomic E-state index is 10.8. The number of hydrogen-bond donors (Lipinski definition) is 0. The van der Waals surface area contributed by atoms with E-state index in [9.17, 15) is 4.79 Å². The summed E-state index contributed by atoms with van der Waals surface area (Å²) in [5, 5.41) is 0. The minimum Gasteiger partial charge on any atom is -0.469 e. The summed E-state index contributed by atoms with van der Waals surface area (Å²) in [6.07, 6.45) is 8.40. The van der Waals surface area contributed by atoms with Gasteiger partial charge in [0, 0.05) is 0 Å². The Kier molecular flexibility index (Phi) is 6.54. The summed E-state index contributed by atoms with van der Waals surface area (Å²) in [6.45, 7) is 10.5. The van der Waals surface area contributed by atoms with E-state index in [-0.39, 0.29) is 11.4 Å². The molecule has 2 nitrogen and oxygen atoms in total. The Bertz CT molecular complexity index is 307. The molecule has 0 heterocycles. The lowest BCUT2D eigenvalue weighted by Crippen LogP contribution is -2.24.